The minimum Gasteiger partial charge on any atom is -0.393 e. The molecule has 2 aliphatic heterocycles. The molecule has 5 atom stereocenters. The lowest BCUT2D eigenvalue weighted by atomic mass is 9.84. The van der Waals surface area contributed by atoms with Crippen LogP contribution in [0, 0.1) is 17.8 Å². The lowest BCUT2D eigenvalue weighted by molar-refractivity contribution is -0.363. The molecule has 5 aliphatic rings. The number of ether oxygens (including phenoxy) is 2. The van der Waals surface area contributed by atoms with Gasteiger partial charge in [0.1, 0.15) is 18.3 Å². The number of ketones is 3. The van der Waals surface area contributed by atoms with Gasteiger partial charge in [-0.3, -0.25) is 14.4 Å². The average Bonchev–Trinajstić information content (AvgIpc) is 3.45. The van der Waals surface area contributed by atoms with Crippen LogP contribution in [0.15, 0.2) is 0 Å². The highest BCUT2D eigenvalue weighted by molar-refractivity contribution is 6.39. The average molecular weight is 661 g/mol. The fourth-order valence-corrected chi connectivity index (χ4v) is 7.33. The summed E-state index contributed by atoms with van der Waals surface area (Å²) >= 11 is 0. The summed E-state index contributed by atoms with van der Waals surface area (Å²) in [7, 11) is 0. The Morgan fingerprint density at radius 1 is 0.696 bits per heavy atom. The van der Waals surface area contributed by atoms with E-state index in [-0.39, 0.29) is 31.0 Å². The van der Waals surface area contributed by atoms with E-state index in [0.717, 1.165) is 103 Å². The Kier molecular flexibility index (Phi) is 15.2. The molecule has 0 aromatic heterocycles. The Morgan fingerprint density at radius 2 is 1.15 bits per heavy atom. The van der Waals surface area contributed by atoms with Crippen molar-refractivity contribution in [3.63, 3.8) is 0 Å². The van der Waals surface area contributed by atoms with E-state index in [2.05, 4.69) is 0 Å². The summed E-state index contributed by atoms with van der Waals surface area (Å²) in [4.78, 5) is 34.6. The molecule has 0 aromatic carbocycles. The molecule has 5 unspecified atom stereocenters. The third kappa shape index (κ3) is 9.40. The van der Waals surface area contributed by atoms with Gasteiger partial charge in [-0.05, 0) is 38.5 Å². The summed E-state index contributed by atoms with van der Waals surface area (Å²) < 4.78 is 10.2. The summed E-state index contributed by atoms with van der Waals surface area (Å²) in [5.74, 6) is -8.84. The van der Waals surface area contributed by atoms with Crippen LogP contribution in [0.25, 0.3) is 0 Å². The van der Waals surface area contributed by atoms with Gasteiger partial charge in [-0.1, -0.05) is 77.0 Å². The van der Waals surface area contributed by atoms with Crippen molar-refractivity contribution in [2.75, 3.05) is 19.8 Å². The Bertz CT molecular complexity index is 965. The van der Waals surface area contributed by atoms with Crippen molar-refractivity contribution >= 4 is 17.3 Å². The molecule has 2 saturated heterocycles. The first kappa shape index (κ1) is 39.1. The number of rotatable bonds is 6. The van der Waals surface area contributed by atoms with Crippen molar-refractivity contribution in [1.29, 1.82) is 0 Å². The lowest BCUT2D eigenvalue weighted by Gasteiger charge is -2.38. The van der Waals surface area contributed by atoms with Gasteiger partial charge in [0.2, 0.25) is 34.7 Å². The van der Waals surface area contributed by atoms with E-state index in [4.69, 9.17) is 19.7 Å². The molecule has 8 N–H and O–H groups in total. The molecule has 13 heteroatoms. The van der Waals surface area contributed by atoms with Gasteiger partial charge in [0, 0.05) is 17.8 Å². The maximum absolute atomic E-state index is 11.6. The van der Waals surface area contributed by atoms with E-state index >= 15 is 0 Å². The monoisotopic (exact) mass is 660 g/mol. The number of Topliss-reactive ketones (excluding diaryl/α,β-unsaturated/α-hetero) is 3. The van der Waals surface area contributed by atoms with Crippen LogP contribution in [0.4, 0.5) is 0 Å². The molecule has 5 fully saturated rings. The lowest BCUT2D eigenvalue weighted by Crippen LogP contribution is -2.60. The minimum atomic E-state index is -2.55. The van der Waals surface area contributed by atoms with E-state index in [1.165, 1.54) is 0 Å². The number of aliphatic hydroxyl groups excluding tert-OH is 4. The molecule has 0 aromatic rings. The maximum Gasteiger partial charge on any atom is 0.248 e. The molecule has 13 nitrogen and oxygen atoms in total. The third-order valence-electron chi connectivity index (χ3n) is 10.3. The largest absolute Gasteiger partial charge is 0.393 e. The Morgan fingerprint density at radius 3 is 1.54 bits per heavy atom. The quantitative estimate of drug-likeness (QED) is 0.112. The molecule has 266 valence electrons. The Hall–Kier alpha value is -1.39. The van der Waals surface area contributed by atoms with Crippen LogP contribution in [0.2, 0.25) is 0 Å². The smallest absolute Gasteiger partial charge is 0.248 e. The second kappa shape index (κ2) is 17.8. The van der Waals surface area contributed by atoms with E-state index < -0.39 is 59.6 Å². The second-order valence-electron chi connectivity index (χ2n) is 13.6. The minimum absolute atomic E-state index is 0.0637. The molecule has 5 rings (SSSR count). The molecule has 3 saturated carbocycles. The number of carbonyl (C=O) groups excluding carboxylic acids is 3. The molecule has 0 spiro atoms. The maximum atomic E-state index is 11.6. The molecular formula is C33H56O13. The number of aliphatic hydroxyl groups is 8. The van der Waals surface area contributed by atoms with Gasteiger partial charge >= 0.3 is 0 Å². The van der Waals surface area contributed by atoms with Crippen molar-refractivity contribution < 1.29 is 64.7 Å². The normalized spacial score (nSPS) is 33.8. The second-order valence-corrected chi connectivity index (χ2v) is 13.6. The van der Waals surface area contributed by atoms with Crippen LogP contribution >= 0.6 is 0 Å². The topological polar surface area (TPSA) is 232 Å². The predicted molar refractivity (Wildman–Crippen MR) is 163 cm³/mol. The van der Waals surface area contributed by atoms with Crippen molar-refractivity contribution in [3.05, 3.63) is 0 Å². The first-order valence-electron chi connectivity index (χ1n) is 17.2. The van der Waals surface area contributed by atoms with Crippen molar-refractivity contribution in [2.45, 2.75) is 151 Å². The van der Waals surface area contributed by atoms with E-state index in [0.29, 0.717) is 12.8 Å². The molecule has 0 radical (unpaired) electrons. The van der Waals surface area contributed by atoms with Crippen LogP contribution in [0.3, 0.4) is 0 Å². The van der Waals surface area contributed by atoms with Gasteiger partial charge in [0.25, 0.3) is 0 Å². The van der Waals surface area contributed by atoms with Crippen LogP contribution in [-0.4, -0.2) is 114 Å². The molecule has 0 bridgehead atoms. The summed E-state index contributed by atoms with van der Waals surface area (Å²) in [6.45, 7) is -0.969. The van der Waals surface area contributed by atoms with Crippen LogP contribution in [0.1, 0.15) is 116 Å². The van der Waals surface area contributed by atoms with Gasteiger partial charge in [-0.25, -0.2) is 0 Å². The number of hydrogen-bond donors (Lipinski definition) is 8. The fraction of sp³-hybridized carbons (Fsp3) is 0.909. The third-order valence-corrected chi connectivity index (χ3v) is 10.3. The highest BCUT2D eigenvalue weighted by atomic mass is 16.7. The van der Waals surface area contributed by atoms with Gasteiger partial charge in [0.15, 0.2) is 0 Å². The fourth-order valence-electron chi connectivity index (χ4n) is 7.33. The van der Waals surface area contributed by atoms with E-state index in [1.54, 1.807) is 0 Å². The summed E-state index contributed by atoms with van der Waals surface area (Å²) in [6, 6.07) is 0. The van der Waals surface area contributed by atoms with Crippen LogP contribution in [0.5, 0.6) is 0 Å². The van der Waals surface area contributed by atoms with Gasteiger partial charge in [-0.2, -0.15) is 0 Å². The molecule has 0 amide bonds. The van der Waals surface area contributed by atoms with Crippen molar-refractivity contribution in [2.24, 2.45) is 17.8 Å². The summed E-state index contributed by atoms with van der Waals surface area (Å²) in [5.41, 5.74) is 0. The first-order valence-corrected chi connectivity index (χ1v) is 17.2. The first-order chi connectivity index (χ1) is 21.8. The zero-order valence-electron chi connectivity index (χ0n) is 26.9. The highest BCUT2D eigenvalue weighted by Crippen LogP contribution is 2.43. The highest BCUT2D eigenvalue weighted by Gasteiger charge is 2.63. The zero-order chi connectivity index (χ0) is 34.0. The van der Waals surface area contributed by atoms with Crippen LogP contribution < -0.4 is 0 Å². The Balaban J connectivity index is 0.000000188. The molecule has 3 aliphatic carbocycles. The summed E-state index contributed by atoms with van der Waals surface area (Å²) in [5, 5.41) is 76.3. The van der Waals surface area contributed by atoms with Gasteiger partial charge < -0.3 is 50.3 Å². The number of carbonyl (C=O) groups is 3. The molecule has 46 heavy (non-hydrogen) atoms. The van der Waals surface area contributed by atoms with Crippen LogP contribution in [-0.2, 0) is 23.9 Å². The van der Waals surface area contributed by atoms with E-state index in [1.807, 2.05) is 0 Å². The standard InChI is InChI=1S/C11H20O5.2C11H18O4/c12-9-7-16-11(15,10(9,13)14)8-5-3-1-2-4-6-8;12-9-7-15-11(14,10(9)13)8-5-3-1-2-4-6-8;12-7-9(13)11(15)10(14)8-5-3-1-2-4-6-8/h8-9,12-15H,1-7H2;8-9,12,14H,1-7H2;8-9,12-13H,1-7H2. The summed E-state index contributed by atoms with van der Waals surface area (Å²) in [6.07, 6.45) is 13.0. The predicted octanol–water partition coefficient (Wildman–Crippen LogP) is 0.771. The van der Waals surface area contributed by atoms with Crippen molar-refractivity contribution in [3.8, 4) is 0 Å². The SMILES string of the molecule is O=C(C(=O)C1CCCCCC1)C(O)CO.O=C1C(O)COC1(O)C1CCCCCC1.OC1COC(O)(C2CCCCCC2)C1(O)O. The Labute approximate surface area is 270 Å². The van der Waals surface area contributed by atoms with Gasteiger partial charge in [-0.15, -0.1) is 0 Å². The zero-order valence-corrected chi connectivity index (χ0v) is 26.9. The molecule has 2 heterocycles. The molecular weight excluding hydrogens is 604 g/mol. The van der Waals surface area contributed by atoms with Gasteiger partial charge in [0.05, 0.1) is 19.8 Å². The van der Waals surface area contributed by atoms with E-state index in [9.17, 15) is 45.0 Å². The van der Waals surface area contributed by atoms with Crippen molar-refractivity contribution in [1.82, 2.24) is 0 Å². The number of hydrogen-bond acceptors (Lipinski definition) is 13.